The summed E-state index contributed by atoms with van der Waals surface area (Å²) in [6.45, 7) is 3.50. The summed E-state index contributed by atoms with van der Waals surface area (Å²) in [5.41, 5.74) is 0. The van der Waals surface area contributed by atoms with Gasteiger partial charge in [0.25, 0.3) is 0 Å². The van der Waals surface area contributed by atoms with Gasteiger partial charge in [0.2, 0.25) is 10.0 Å². The fourth-order valence-electron chi connectivity index (χ4n) is 1.40. The topological polar surface area (TPSA) is 46.6 Å². The van der Waals surface area contributed by atoms with Crippen LogP contribution in [0.3, 0.4) is 0 Å². The number of likely N-dealkylation sites (N-methyl/N-ethyl adjacent to an activating group) is 1. The summed E-state index contributed by atoms with van der Waals surface area (Å²) in [6.07, 6.45) is 2.50. The number of nitrogens with zero attached hydrogens (tertiary/aromatic N) is 1. The number of hydrogen-bond acceptors (Lipinski definition) is 3. The van der Waals surface area contributed by atoms with E-state index in [4.69, 9.17) is 16.3 Å². The van der Waals surface area contributed by atoms with Crippen molar-refractivity contribution in [1.29, 1.82) is 0 Å². The lowest BCUT2D eigenvalue weighted by molar-refractivity contribution is 0.117. The summed E-state index contributed by atoms with van der Waals surface area (Å²) in [5, 5.41) is 0. The zero-order valence-electron chi connectivity index (χ0n) is 10.6. The van der Waals surface area contributed by atoms with Crippen LogP contribution in [0.5, 0.6) is 0 Å². The molecule has 1 fully saturated rings. The summed E-state index contributed by atoms with van der Waals surface area (Å²) in [7, 11) is -1.59. The molecular weight excluding hydrogens is 262 g/mol. The number of alkyl halides is 1. The molecule has 1 saturated carbocycles. The maximum atomic E-state index is 11.9. The average molecular weight is 284 g/mol. The monoisotopic (exact) mass is 283 g/mol. The zero-order valence-corrected chi connectivity index (χ0v) is 12.1. The quantitative estimate of drug-likeness (QED) is 0.476. The third-order valence-corrected chi connectivity index (χ3v) is 5.48. The number of ether oxygens (including phenoxy) is 1. The van der Waals surface area contributed by atoms with Crippen LogP contribution in [0.15, 0.2) is 0 Å². The highest BCUT2D eigenvalue weighted by molar-refractivity contribution is 7.89. The Morgan fingerprint density at radius 3 is 2.65 bits per heavy atom. The van der Waals surface area contributed by atoms with E-state index >= 15 is 0 Å². The van der Waals surface area contributed by atoms with Gasteiger partial charge < -0.3 is 4.74 Å². The predicted octanol–water partition coefficient (Wildman–Crippen LogP) is 1.55. The molecule has 0 radical (unpaired) electrons. The standard InChI is InChI=1S/C11H22ClNO3S/c1-10(7-12)9-17(14,15)13(2)5-6-16-8-11-3-4-11/h10-11H,3-9H2,1-2H3. The highest BCUT2D eigenvalue weighted by Crippen LogP contribution is 2.28. The molecule has 1 rings (SSSR count). The molecule has 0 aromatic rings. The average Bonchev–Trinajstić information content (AvgIpc) is 3.07. The molecule has 0 aromatic heterocycles. The van der Waals surface area contributed by atoms with E-state index in [9.17, 15) is 8.42 Å². The van der Waals surface area contributed by atoms with Crippen LogP contribution in [0.1, 0.15) is 19.8 Å². The van der Waals surface area contributed by atoms with E-state index in [2.05, 4.69) is 0 Å². The van der Waals surface area contributed by atoms with Crippen molar-refractivity contribution in [3.8, 4) is 0 Å². The van der Waals surface area contributed by atoms with Crippen molar-refractivity contribution < 1.29 is 13.2 Å². The molecule has 0 aromatic carbocycles. The van der Waals surface area contributed by atoms with E-state index in [-0.39, 0.29) is 11.7 Å². The fourth-order valence-corrected chi connectivity index (χ4v) is 3.08. The van der Waals surface area contributed by atoms with Gasteiger partial charge in [-0.1, -0.05) is 6.92 Å². The number of halogens is 1. The molecule has 0 heterocycles. The van der Waals surface area contributed by atoms with E-state index in [1.807, 2.05) is 6.92 Å². The molecule has 0 aliphatic heterocycles. The third-order valence-electron chi connectivity index (χ3n) is 2.83. The SMILES string of the molecule is CC(CCl)CS(=O)(=O)N(C)CCOCC1CC1. The Kier molecular flexibility index (Phi) is 6.20. The first kappa shape index (κ1) is 15.2. The first-order valence-electron chi connectivity index (χ1n) is 6.03. The van der Waals surface area contributed by atoms with Gasteiger partial charge in [-0.05, 0) is 24.7 Å². The van der Waals surface area contributed by atoms with Gasteiger partial charge in [0.15, 0.2) is 0 Å². The lowest BCUT2D eigenvalue weighted by Crippen LogP contribution is -2.34. The van der Waals surface area contributed by atoms with E-state index in [0.29, 0.717) is 24.9 Å². The molecule has 1 unspecified atom stereocenters. The molecule has 0 N–H and O–H groups in total. The second kappa shape index (κ2) is 6.92. The largest absolute Gasteiger partial charge is 0.380 e. The van der Waals surface area contributed by atoms with Crippen LogP contribution in [0.2, 0.25) is 0 Å². The Hall–Kier alpha value is 0.160. The maximum absolute atomic E-state index is 11.9. The molecular formula is C11H22ClNO3S. The van der Waals surface area contributed by atoms with Crippen molar-refractivity contribution >= 4 is 21.6 Å². The molecule has 0 amide bonds. The normalized spacial score (nSPS) is 18.6. The third kappa shape index (κ3) is 6.04. The van der Waals surface area contributed by atoms with Crippen LogP contribution in [0, 0.1) is 11.8 Å². The van der Waals surface area contributed by atoms with E-state index in [1.54, 1.807) is 7.05 Å². The van der Waals surface area contributed by atoms with Crippen LogP contribution >= 0.6 is 11.6 Å². The molecule has 6 heteroatoms. The molecule has 1 atom stereocenters. The number of hydrogen-bond donors (Lipinski definition) is 0. The van der Waals surface area contributed by atoms with Crippen LogP contribution in [0.4, 0.5) is 0 Å². The van der Waals surface area contributed by atoms with Crippen molar-refractivity contribution in [2.24, 2.45) is 11.8 Å². The second-order valence-electron chi connectivity index (χ2n) is 4.88. The second-order valence-corrected chi connectivity index (χ2v) is 7.31. The van der Waals surface area contributed by atoms with Gasteiger partial charge in [-0.3, -0.25) is 0 Å². The lowest BCUT2D eigenvalue weighted by atomic mass is 10.3. The summed E-state index contributed by atoms with van der Waals surface area (Å²) in [4.78, 5) is 0. The Morgan fingerprint density at radius 1 is 1.47 bits per heavy atom. The minimum Gasteiger partial charge on any atom is -0.380 e. The first-order valence-corrected chi connectivity index (χ1v) is 8.17. The number of rotatable bonds is 9. The van der Waals surface area contributed by atoms with Crippen molar-refractivity contribution in [2.75, 3.05) is 38.4 Å². The van der Waals surface area contributed by atoms with Crippen molar-refractivity contribution in [3.05, 3.63) is 0 Å². The van der Waals surface area contributed by atoms with Crippen molar-refractivity contribution in [2.45, 2.75) is 19.8 Å². The van der Waals surface area contributed by atoms with E-state index in [0.717, 1.165) is 6.61 Å². The van der Waals surface area contributed by atoms with Gasteiger partial charge in [-0.2, -0.15) is 0 Å². The number of sulfonamides is 1. The lowest BCUT2D eigenvalue weighted by Gasteiger charge is -2.18. The molecule has 1 aliphatic carbocycles. The highest BCUT2D eigenvalue weighted by Gasteiger charge is 2.22. The highest BCUT2D eigenvalue weighted by atomic mass is 35.5. The minimum absolute atomic E-state index is 0.0171. The van der Waals surface area contributed by atoms with E-state index in [1.165, 1.54) is 17.1 Å². The van der Waals surface area contributed by atoms with Gasteiger partial charge >= 0.3 is 0 Å². The molecule has 17 heavy (non-hydrogen) atoms. The minimum atomic E-state index is -3.19. The molecule has 0 bridgehead atoms. The van der Waals surface area contributed by atoms with Gasteiger partial charge in [-0.15, -0.1) is 11.6 Å². The van der Waals surface area contributed by atoms with Gasteiger partial charge in [0.05, 0.1) is 12.4 Å². The predicted molar refractivity (Wildman–Crippen MR) is 69.8 cm³/mol. The Labute approximate surface area is 109 Å². The van der Waals surface area contributed by atoms with Gasteiger partial charge in [-0.25, -0.2) is 12.7 Å². The van der Waals surface area contributed by atoms with Crippen LogP contribution in [-0.2, 0) is 14.8 Å². The molecule has 0 spiro atoms. The maximum Gasteiger partial charge on any atom is 0.214 e. The smallest absolute Gasteiger partial charge is 0.214 e. The fraction of sp³-hybridized carbons (Fsp3) is 1.00. The molecule has 102 valence electrons. The van der Waals surface area contributed by atoms with Gasteiger partial charge in [0.1, 0.15) is 0 Å². The van der Waals surface area contributed by atoms with Crippen LogP contribution in [0.25, 0.3) is 0 Å². The van der Waals surface area contributed by atoms with Crippen molar-refractivity contribution in [3.63, 3.8) is 0 Å². The first-order chi connectivity index (χ1) is 7.95. The molecule has 1 aliphatic rings. The molecule has 0 saturated heterocycles. The van der Waals surface area contributed by atoms with Crippen molar-refractivity contribution in [1.82, 2.24) is 4.31 Å². The van der Waals surface area contributed by atoms with E-state index < -0.39 is 10.0 Å². The Bertz CT molecular complexity index is 317. The van der Waals surface area contributed by atoms with Crippen LogP contribution in [-0.4, -0.2) is 51.2 Å². The van der Waals surface area contributed by atoms with Crippen LogP contribution < -0.4 is 0 Å². The summed E-state index contributed by atoms with van der Waals surface area (Å²) in [5.74, 6) is 1.17. The molecule has 4 nitrogen and oxygen atoms in total. The summed E-state index contributed by atoms with van der Waals surface area (Å²) >= 11 is 5.62. The zero-order chi connectivity index (χ0) is 12.9. The summed E-state index contributed by atoms with van der Waals surface area (Å²) < 4.78 is 30.5. The van der Waals surface area contributed by atoms with Gasteiger partial charge in [0, 0.05) is 26.1 Å². The Balaban J connectivity index is 2.21. The summed E-state index contributed by atoms with van der Waals surface area (Å²) in [6, 6.07) is 0. The Morgan fingerprint density at radius 2 is 2.12 bits per heavy atom.